The molecule has 5 nitrogen and oxygen atoms in total. The summed E-state index contributed by atoms with van der Waals surface area (Å²) in [5, 5.41) is 11.8. The molecular weight excluding hydrogens is 273 g/mol. The molecule has 0 fully saturated rings. The molecule has 0 saturated heterocycles. The van der Waals surface area contributed by atoms with Gasteiger partial charge in [0.25, 0.3) is 0 Å². The minimum absolute atomic E-state index is 0.00973. The first kappa shape index (κ1) is 13.1. The molecule has 0 aliphatic heterocycles. The number of H-pyrrole nitrogens is 1. The van der Waals surface area contributed by atoms with Crippen LogP contribution in [0.5, 0.6) is 0 Å². The Morgan fingerprint density at radius 3 is 2.71 bits per heavy atom. The number of benzene rings is 2. The minimum atomic E-state index is -0.866. The van der Waals surface area contributed by atoms with Crippen LogP contribution in [0.25, 0.3) is 11.0 Å². The number of carbonyl (C=O) groups is 1. The van der Waals surface area contributed by atoms with Crippen LogP contribution >= 0.6 is 0 Å². The predicted octanol–water partition coefficient (Wildman–Crippen LogP) is 3.07. The summed E-state index contributed by atoms with van der Waals surface area (Å²) in [6, 6.07) is 11.3. The van der Waals surface area contributed by atoms with Crippen molar-refractivity contribution in [2.75, 3.05) is 5.32 Å². The zero-order valence-electron chi connectivity index (χ0n) is 10.9. The van der Waals surface area contributed by atoms with Crippen LogP contribution in [-0.4, -0.2) is 21.0 Å². The van der Waals surface area contributed by atoms with Gasteiger partial charge in [0, 0.05) is 5.69 Å². The molecule has 6 heteroatoms. The lowest BCUT2D eigenvalue weighted by Gasteiger charge is -2.03. The van der Waals surface area contributed by atoms with Gasteiger partial charge in [-0.25, -0.2) is 9.37 Å². The number of fused-ring (bicyclic) bond motifs is 1. The molecule has 0 unspecified atom stereocenters. The zero-order chi connectivity index (χ0) is 14.8. The molecule has 3 N–H and O–H groups in total. The molecule has 0 amide bonds. The molecule has 0 radical (unpaired) electrons. The van der Waals surface area contributed by atoms with Gasteiger partial charge in [-0.1, -0.05) is 12.1 Å². The van der Waals surface area contributed by atoms with E-state index in [4.69, 9.17) is 5.11 Å². The first-order valence-corrected chi connectivity index (χ1v) is 6.33. The van der Waals surface area contributed by atoms with Gasteiger partial charge >= 0.3 is 5.97 Å². The number of nitrogens with zero attached hydrogens (tertiary/aromatic N) is 1. The van der Waals surface area contributed by atoms with Crippen LogP contribution in [0.2, 0.25) is 0 Å². The second kappa shape index (κ2) is 5.24. The van der Waals surface area contributed by atoms with E-state index >= 15 is 0 Å². The molecule has 3 aromatic rings. The summed E-state index contributed by atoms with van der Waals surface area (Å²) in [5.74, 6) is -0.688. The van der Waals surface area contributed by atoms with Crippen LogP contribution in [-0.2, 0) is 11.2 Å². The van der Waals surface area contributed by atoms with Gasteiger partial charge in [0.2, 0.25) is 5.95 Å². The maximum Gasteiger partial charge on any atom is 0.307 e. The summed E-state index contributed by atoms with van der Waals surface area (Å²) in [6.07, 6.45) is -0.00973. The lowest BCUT2D eigenvalue weighted by molar-refractivity contribution is -0.136. The summed E-state index contributed by atoms with van der Waals surface area (Å²) in [7, 11) is 0. The normalized spacial score (nSPS) is 10.7. The van der Waals surface area contributed by atoms with Gasteiger partial charge in [-0.05, 0) is 35.9 Å². The highest BCUT2D eigenvalue weighted by Gasteiger charge is 2.05. The second-order valence-electron chi connectivity index (χ2n) is 4.64. The fraction of sp³-hybridized carbons (Fsp3) is 0.0667. The Labute approximate surface area is 119 Å². The fourth-order valence-corrected chi connectivity index (χ4v) is 2.06. The Morgan fingerprint density at radius 2 is 2.00 bits per heavy atom. The Hall–Kier alpha value is -2.89. The van der Waals surface area contributed by atoms with Crippen molar-refractivity contribution >= 4 is 28.6 Å². The molecule has 0 saturated carbocycles. The smallest absolute Gasteiger partial charge is 0.307 e. The highest BCUT2D eigenvalue weighted by Crippen LogP contribution is 2.19. The number of imidazole rings is 1. The number of anilines is 2. The molecule has 3 rings (SSSR count). The van der Waals surface area contributed by atoms with E-state index in [0.717, 1.165) is 11.3 Å². The fourth-order valence-electron chi connectivity index (χ4n) is 2.06. The summed E-state index contributed by atoms with van der Waals surface area (Å²) in [6.45, 7) is 0. The largest absolute Gasteiger partial charge is 0.481 e. The van der Waals surface area contributed by atoms with Gasteiger partial charge in [0.05, 0.1) is 17.5 Å². The summed E-state index contributed by atoms with van der Waals surface area (Å²) in [4.78, 5) is 17.9. The third-order valence-corrected chi connectivity index (χ3v) is 3.02. The average molecular weight is 285 g/mol. The van der Waals surface area contributed by atoms with Crippen LogP contribution < -0.4 is 5.32 Å². The van der Waals surface area contributed by atoms with Crippen molar-refractivity contribution in [3.63, 3.8) is 0 Å². The van der Waals surface area contributed by atoms with E-state index in [1.54, 1.807) is 30.3 Å². The van der Waals surface area contributed by atoms with Gasteiger partial charge in [-0.15, -0.1) is 0 Å². The number of nitrogens with one attached hydrogen (secondary N) is 2. The molecule has 1 aromatic heterocycles. The van der Waals surface area contributed by atoms with Crippen molar-refractivity contribution in [3.8, 4) is 0 Å². The Bertz CT molecular complexity index is 796. The van der Waals surface area contributed by atoms with Crippen molar-refractivity contribution in [2.45, 2.75) is 6.42 Å². The minimum Gasteiger partial charge on any atom is -0.481 e. The number of aromatic nitrogens is 2. The first-order chi connectivity index (χ1) is 10.1. The molecule has 1 heterocycles. The molecule has 2 aromatic carbocycles. The van der Waals surface area contributed by atoms with Gasteiger partial charge in [0.15, 0.2) is 0 Å². The summed E-state index contributed by atoms with van der Waals surface area (Å²) in [5.41, 5.74) is 2.77. The SMILES string of the molecule is O=C(O)Cc1ccc(Nc2nc3ccc(F)cc3[nH]2)cc1. The van der Waals surface area contributed by atoms with E-state index < -0.39 is 5.97 Å². The Morgan fingerprint density at radius 1 is 1.24 bits per heavy atom. The highest BCUT2D eigenvalue weighted by atomic mass is 19.1. The van der Waals surface area contributed by atoms with E-state index in [0.29, 0.717) is 17.0 Å². The number of hydrogen-bond acceptors (Lipinski definition) is 3. The highest BCUT2D eigenvalue weighted by molar-refractivity contribution is 5.78. The van der Waals surface area contributed by atoms with E-state index in [1.165, 1.54) is 12.1 Å². The third kappa shape index (κ3) is 3.00. The number of halogens is 1. The van der Waals surface area contributed by atoms with Gasteiger partial charge < -0.3 is 15.4 Å². The number of aromatic amines is 1. The van der Waals surface area contributed by atoms with Gasteiger partial charge in [0.1, 0.15) is 5.82 Å². The Kier molecular flexibility index (Phi) is 3.27. The number of carboxylic acids is 1. The van der Waals surface area contributed by atoms with Crippen molar-refractivity contribution in [1.82, 2.24) is 9.97 Å². The second-order valence-corrected chi connectivity index (χ2v) is 4.64. The van der Waals surface area contributed by atoms with E-state index in [2.05, 4.69) is 15.3 Å². The predicted molar refractivity (Wildman–Crippen MR) is 77.1 cm³/mol. The zero-order valence-corrected chi connectivity index (χ0v) is 10.9. The molecular formula is C15H12FN3O2. The van der Waals surface area contributed by atoms with Crippen LogP contribution in [0.1, 0.15) is 5.56 Å². The molecule has 21 heavy (non-hydrogen) atoms. The average Bonchev–Trinajstić information content (AvgIpc) is 2.82. The number of rotatable bonds is 4. The van der Waals surface area contributed by atoms with Crippen LogP contribution in [0.15, 0.2) is 42.5 Å². The molecule has 106 valence electrons. The van der Waals surface area contributed by atoms with Crippen molar-refractivity contribution < 1.29 is 14.3 Å². The third-order valence-electron chi connectivity index (χ3n) is 3.02. The van der Waals surface area contributed by atoms with Crippen molar-refractivity contribution in [1.29, 1.82) is 0 Å². The van der Waals surface area contributed by atoms with Crippen molar-refractivity contribution in [2.24, 2.45) is 0 Å². The molecule has 0 spiro atoms. The van der Waals surface area contributed by atoms with E-state index in [1.807, 2.05) is 0 Å². The van der Waals surface area contributed by atoms with Crippen molar-refractivity contribution in [3.05, 3.63) is 53.8 Å². The molecule has 0 aliphatic rings. The van der Waals surface area contributed by atoms with Gasteiger partial charge in [-0.2, -0.15) is 0 Å². The monoisotopic (exact) mass is 285 g/mol. The quantitative estimate of drug-likeness (QED) is 0.688. The first-order valence-electron chi connectivity index (χ1n) is 6.33. The summed E-state index contributed by atoms with van der Waals surface area (Å²) >= 11 is 0. The Balaban J connectivity index is 1.79. The lowest BCUT2D eigenvalue weighted by Crippen LogP contribution is -2.00. The summed E-state index contributed by atoms with van der Waals surface area (Å²) < 4.78 is 13.1. The van der Waals surface area contributed by atoms with Crippen LogP contribution in [0, 0.1) is 5.82 Å². The van der Waals surface area contributed by atoms with E-state index in [9.17, 15) is 9.18 Å². The molecule has 0 atom stereocenters. The standard InChI is InChI=1S/C15H12FN3O2/c16-10-3-6-12-13(8-10)19-15(18-12)17-11-4-1-9(2-5-11)7-14(20)21/h1-6,8H,7H2,(H,20,21)(H2,17,18,19). The number of carboxylic acid groups (broad SMARTS) is 1. The van der Waals surface area contributed by atoms with Gasteiger partial charge in [-0.3, -0.25) is 4.79 Å². The maximum absolute atomic E-state index is 13.1. The topological polar surface area (TPSA) is 78.0 Å². The lowest BCUT2D eigenvalue weighted by atomic mass is 10.1. The number of hydrogen-bond donors (Lipinski definition) is 3. The molecule has 0 bridgehead atoms. The molecule has 0 aliphatic carbocycles. The van der Waals surface area contributed by atoms with E-state index in [-0.39, 0.29) is 12.2 Å². The van der Waals surface area contributed by atoms with Crippen LogP contribution in [0.3, 0.4) is 0 Å². The van der Waals surface area contributed by atoms with Crippen LogP contribution in [0.4, 0.5) is 16.0 Å². The number of aliphatic carboxylic acids is 1. The maximum atomic E-state index is 13.1.